The monoisotopic (exact) mass is 536 g/mol. The maximum absolute atomic E-state index is 13.6. The minimum Gasteiger partial charge on any atom is -0.351 e. The van der Waals surface area contributed by atoms with Crippen molar-refractivity contribution in [3.8, 4) is 5.95 Å². The number of aromatic nitrogens is 3. The maximum atomic E-state index is 13.6. The van der Waals surface area contributed by atoms with E-state index >= 15 is 0 Å². The molecule has 0 unspecified atom stereocenters. The molecule has 2 aromatic carbocycles. The van der Waals surface area contributed by atoms with Crippen LogP contribution < -0.4 is 5.32 Å². The van der Waals surface area contributed by atoms with E-state index in [2.05, 4.69) is 20.2 Å². The fourth-order valence-corrected chi connectivity index (χ4v) is 4.87. The molecule has 0 aliphatic carbocycles. The van der Waals surface area contributed by atoms with Gasteiger partial charge in [-0.3, -0.25) is 19.1 Å². The molecule has 190 valence electrons. The average Bonchev–Trinajstić information content (AvgIpc) is 3.28. The number of benzene rings is 2. The first-order valence-corrected chi connectivity index (χ1v) is 12.8. The number of hydrogen-bond donors (Lipinski definition) is 1. The first-order valence-electron chi connectivity index (χ1n) is 12.0. The van der Waals surface area contributed by atoms with Gasteiger partial charge in [-0.25, -0.2) is 9.97 Å². The van der Waals surface area contributed by atoms with E-state index in [4.69, 9.17) is 23.2 Å². The molecule has 1 aliphatic heterocycles. The zero-order valence-electron chi connectivity index (χ0n) is 20.3. The molecule has 5 rings (SSSR count). The summed E-state index contributed by atoms with van der Waals surface area (Å²) < 4.78 is 1.79. The van der Waals surface area contributed by atoms with Crippen molar-refractivity contribution in [2.24, 2.45) is 0 Å². The fourth-order valence-electron chi connectivity index (χ4n) is 4.58. The number of fused-ring (bicyclic) bond motifs is 1. The molecule has 1 N–H and O–H groups in total. The molecule has 0 radical (unpaired) electrons. The zero-order chi connectivity index (χ0) is 25.9. The second-order valence-corrected chi connectivity index (χ2v) is 9.97. The smallest absolute Gasteiger partial charge is 0.256 e. The zero-order valence-corrected chi connectivity index (χ0v) is 21.8. The molecular formula is C27H26Cl2N6O2. The number of amides is 2. The van der Waals surface area contributed by atoms with Gasteiger partial charge in [-0.05, 0) is 42.8 Å². The highest BCUT2D eigenvalue weighted by molar-refractivity contribution is 6.31. The number of piperazine rings is 1. The highest BCUT2D eigenvalue weighted by atomic mass is 35.5. The summed E-state index contributed by atoms with van der Waals surface area (Å²) in [5.74, 6) is 0.349. The Kier molecular flexibility index (Phi) is 7.41. The van der Waals surface area contributed by atoms with E-state index in [1.54, 1.807) is 47.4 Å². The molecule has 0 bridgehead atoms. The van der Waals surface area contributed by atoms with E-state index in [0.29, 0.717) is 47.7 Å². The average molecular weight is 537 g/mol. The Morgan fingerprint density at radius 2 is 1.76 bits per heavy atom. The summed E-state index contributed by atoms with van der Waals surface area (Å²) in [5.41, 5.74) is 2.33. The summed E-state index contributed by atoms with van der Waals surface area (Å²) in [5, 5.41) is 4.98. The number of carbonyl (C=O) groups is 2. The quantitative estimate of drug-likeness (QED) is 0.399. The highest BCUT2D eigenvalue weighted by Gasteiger charge is 2.30. The van der Waals surface area contributed by atoms with Gasteiger partial charge in [-0.15, -0.1) is 0 Å². The Bertz CT molecular complexity index is 1420. The number of halogens is 2. The van der Waals surface area contributed by atoms with Crippen LogP contribution in [0.15, 0.2) is 67.1 Å². The van der Waals surface area contributed by atoms with Crippen LogP contribution in [0.25, 0.3) is 16.9 Å². The Balaban J connectivity index is 1.26. The third kappa shape index (κ3) is 5.61. The van der Waals surface area contributed by atoms with E-state index in [9.17, 15) is 9.59 Å². The van der Waals surface area contributed by atoms with Crippen LogP contribution in [0.3, 0.4) is 0 Å². The van der Waals surface area contributed by atoms with Crippen molar-refractivity contribution in [3.63, 3.8) is 0 Å². The summed E-state index contributed by atoms with van der Waals surface area (Å²) in [7, 11) is 0. The molecule has 8 nitrogen and oxygen atoms in total. The molecule has 10 heteroatoms. The summed E-state index contributed by atoms with van der Waals surface area (Å²) in [6.45, 7) is 4.41. The number of rotatable bonds is 6. The molecule has 1 fully saturated rings. The van der Waals surface area contributed by atoms with Crippen LogP contribution in [-0.4, -0.2) is 68.4 Å². The highest BCUT2D eigenvalue weighted by Crippen LogP contribution is 2.28. The number of nitrogens with one attached hydrogen (secondary N) is 1. The van der Waals surface area contributed by atoms with Gasteiger partial charge in [0.15, 0.2) is 0 Å². The van der Waals surface area contributed by atoms with Crippen molar-refractivity contribution < 1.29 is 9.59 Å². The maximum Gasteiger partial charge on any atom is 0.256 e. The van der Waals surface area contributed by atoms with Gasteiger partial charge < -0.3 is 10.2 Å². The standard InChI is InChI=1S/C27H26Cl2N6O2/c1-18-15-34(12-11-33(18)17-25(36)32-14-19-3-5-20(28)6-4-19)26(37)23-16-35(27-30-9-2-10-31-27)24-13-21(29)7-8-22(23)24/h2-10,13,16,18H,11-12,14-15,17H2,1H3,(H,32,36)/t18-/m1/s1. The van der Waals surface area contributed by atoms with Crippen molar-refractivity contribution >= 4 is 45.9 Å². The molecule has 0 saturated carbocycles. The number of nitrogens with zero attached hydrogens (tertiary/aromatic N) is 5. The summed E-state index contributed by atoms with van der Waals surface area (Å²) in [4.78, 5) is 38.8. The molecule has 3 heterocycles. The largest absolute Gasteiger partial charge is 0.351 e. The molecule has 2 amide bonds. The van der Waals surface area contributed by atoms with Crippen molar-refractivity contribution in [1.82, 2.24) is 29.7 Å². The van der Waals surface area contributed by atoms with E-state index in [-0.39, 0.29) is 24.4 Å². The molecule has 0 spiro atoms. The third-order valence-electron chi connectivity index (χ3n) is 6.57. The molecule has 37 heavy (non-hydrogen) atoms. The SMILES string of the molecule is C[C@@H]1CN(C(=O)c2cn(-c3ncccn3)c3cc(Cl)ccc23)CCN1CC(=O)NCc1ccc(Cl)cc1. The van der Waals surface area contributed by atoms with Gasteiger partial charge in [0.1, 0.15) is 0 Å². The molecule has 1 aliphatic rings. The van der Waals surface area contributed by atoms with Crippen molar-refractivity contribution in [2.75, 3.05) is 26.2 Å². The second-order valence-electron chi connectivity index (χ2n) is 9.10. The lowest BCUT2D eigenvalue weighted by molar-refractivity contribution is -0.123. The Hall–Kier alpha value is -3.46. The minimum absolute atomic E-state index is 0.0271. The van der Waals surface area contributed by atoms with Crippen LogP contribution in [0.2, 0.25) is 10.0 Å². The predicted octanol–water partition coefficient (Wildman–Crippen LogP) is 4.19. The minimum atomic E-state index is -0.0688. The normalized spacial score (nSPS) is 16.2. The van der Waals surface area contributed by atoms with Crippen molar-refractivity contribution in [1.29, 1.82) is 0 Å². The fraction of sp³-hybridized carbons (Fsp3) is 0.259. The third-order valence-corrected chi connectivity index (χ3v) is 7.05. The number of carbonyl (C=O) groups excluding carboxylic acids is 2. The van der Waals surface area contributed by atoms with Gasteiger partial charge in [-0.2, -0.15) is 0 Å². The van der Waals surface area contributed by atoms with Gasteiger partial charge in [0.2, 0.25) is 11.9 Å². The summed E-state index contributed by atoms with van der Waals surface area (Å²) in [6, 6.07) is 14.6. The van der Waals surface area contributed by atoms with Gasteiger partial charge in [-0.1, -0.05) is 41.4 Å². The first kappa shape index (κ1) is 25.2. The van der Waals surface area contributed by atoms with Gasteiger partial charge in [0.05, 0.1) is 17.6 Å². The van der Waals surface area contributed by atoms with Crippen molar-refractivity contribution in [2.45, 2.75) is 19.5 Å². The lowest BCUT2D eigenvalue weighted by Crippen LogP contribution is -2.55. The summed E-state index contributed by atoms with van der Waals surface area (Å²) in [6.07, 6.45) is 5.10. The van der Waals surface area contributed by atoms with E-state index in [0.717, 1.165) is 16.5 Å². The van der Waals surface area contributed by atoms with Crippen LogP contribution in [0.4, 0.5) is 0 Å². The lowest BCUT2D eigenvalue weighted by atomic mass is 10.1. The second kappa shape index (κ2) is 10.9. The number of hydrogen-bond acceptors (Lipinski definition) is 5. The molecule has 1 atom stereocenters. The Labute approximate surface area is 224 Å². The summed E-state index contributed by atoms with van der Waals surface area (Å²) >= 11 is 12.2. The van der Waals surface area contributed by atoms with Crippen LogP contribution >= 0.6 is 23.2 Å². The van der Waals surface area contributed by atoms with Crippen LogP contribution in [0.5, 0.6) is 0 Å². The van der Waals surface area contributed by atoms with Gasteiger partial charge in [0.25, 0.3) is 5.91 Å². The molecule has 2 aromatic heterocycles. The Morgan fingerprint density at radius 1 is 1.03 bits per heavy atom. The lowest BCUT2D eigenvalue weighted by Gasteiger charge is -2.39. The predicted molar refractivity (Wildman–Crippen MR) is 144 cm³/mol. The molecule has 1 saturated heterocycles. The molecule has 4 aromatic rings. The van der Waals surface area contributed by atoms with Crippen LogP contribution in [0.1, 0.15) is 22.8 Å². The molecular weight excluding hydrogens is 511 g/mol. The van der Waals surface area contributed by atoms with Gasteiger partial charge in [0, 0.05) is 66.2 Å². The van der Waals surface area contributed by atoms with Gasteiger partial charge >= 0.3 is 0 Å². The van der Waals surface area contributed by atoms with E-state index in [1.807, 2.05) is 36.1 Å². The van der Waals surface area contributed by atoms with E-state index in [1.165, 1.54) is 0 Å². The van der Waals surface area contributed by atoms with Crippen molar-refractivity contribution in [3.05, 3.63) is 88.3 Å². The Morgan fingerprint density at radius 3 is 2.49 bits per heavy atom. The van der Waals surface area contributed by atoms with E-state index < -0.39 is 0 Å². The van der Waals surface area contributed by atoms with Crippen LogP contribution in [0, 0.1) is 0 Å². The first-order chi connectivity index (χ1) is 17.9. The topological polar surface area (TPSA) is 83.4 Å². The van der Waals surface area contributed by atoms with Crippen LogP contribution in [-0.2, 0) is 11.3 Å².